The Morgan fingerprint density at radius 1 is 0.553 bits per heavy atom. The number of phenols is 10. The molecule has 10 N–H and O–H groups in total. The van der Waals surface area contributed by atoms with E-state index in [0.717, 1.165) is 80.8 Å². The summed E-state index contributed by atoms with van der Waals surface area (Å²) in [6, 6.07) is 40.7. The fraction of sp³-hybridized carbons (Fsp3) is 0.115. The van der Waals surface area contributed by atoms with Crippen LogP contribution in [0.5, 0.6) is 57.5 Å². The molecule has 0 spiro atoms. The number of aromatic nitrogens is 2. The van der Waals surface area contributed by atoms with Gasteiger partial charge in [0.25, 0.3) is 0 Å². The molecule has 13 nitrogen and oxygen atoms in total. The van der Waals surface area contributed by atoms with Gasteiger partial charge in [-0.3, -0.25) is 0 Å². The molecule has 0 saturated heterocycles. The van der Waals surface area contributed by atoms with E-state index in [4.69, 9.17) is 0 Å². The standard InChI is InChI=1S/C61H51N3O10.H3PS/c1-2-3-6-19-42-32-39-28-34(24-26-46(39)63(42)50-52(65)56(69)60(73)57(70)53(50)66)36-29-37(31-38(30-36)43-20-11-13-22-47(43)62(40-15-7-4-8-16-40)41-17-9-5-10-18-41)35-25-27-49-45(33-35)44-21-12-14-23-48(44)64(49)51-54(67)58(71)61(74)59(72)55(51)68;1-2/h2-10,12,15-19,21-22,24-33,43,65-74H,11,13-14,20,23H2,1H3;2H,1H2/b3-2-,19-6-;. The van der Waals surface area contributed by atoms with E-state index in [0.29, 0.717) is 35.0 Å². The summed E-state index contributed by atoms with van der Waals surface area (Å²) in [5.74, 6) is -9.28. The summed E-state index contributed by atoms with van der Waals surface area (Å²) in [6.07, 6.45) is 17.4. The molecule has 0 aliphatic heterocycles. The first-order chi connectivity index (χ1) is 36.9. The van der Waals surface area contributed by atoms with Gasteiger partial charge in [-0.1, -0.05) is 106 Å². The normalized spacial score (nSPS) is 14.3. The maximum absolute atomic E-state index is 11.2. The maximum atomic E-state index is 11.2. The summed E-state index contributed by atoms with van der Waals surface area (Å²) in [4.78, 5) is 2.33. The van der Waals surface area contributed by atoms with Gasteiger partial charge >= 0.3 is 0 Å². The second-order valence-electron chi connectivity index (χ2n) is 18.6. The van der Waals surface area contributed by atoms with Crippen LogP contribution in [-0.2, 0) is 6.42 Å². The zero-order valence-electron chi connectivity index (χ0n) is 41.0. The molecule has 0 amide bonds. The fourth-order valence-electron chi connectivity index (χ4n) is 10.7. The first-order valence-electron chi connectivity index (χ1n) is 24.5. The van der Waals surface area contributed by atoms with E-state index in [1.807, 2.05) is 104 Å². The highest BCUT2D eigenvalue weighted by atomic mass is 32.7. The molecular formula is C61H54N3O10PS. The molecule has 0 saturated carbocycles. The van der Waals surface area contributed by atoms with Gasteiger partial charge < -0.3 is 65.1 Å². The van der Waals surface area contributed by atoms with Gasteiger partial charge in [-0.2, -0.15) is 12.2 Å². The molecule has 2 heterocycles. The predicted molar refractivity (Wildman–Crippen MR) is 307 cm³/mol. The van der Waals surface area contributed by atoms with Gasteiger partial charge in [0.05, 0.1) is 11.0 Å². The van der Waals surface area contributed by atoms with Gasteiger partial charge in [0.2, 0.25) is 34.5 Å². The first kappa shape index (κ1) is 50.7. The van der Waals surface area contributed by atoms with Crippen molar-refractivity contribution < 1.29 is 51.1 Å². The summed E-state index contributed by atoms with van der Waals surface area (Å²) in [5.41, 5.74) is 10.2. The highest BCUT2D eigenvalue weighted by molar-refractivity contribution is 8.31. The van der Waals surface area contributed by atoms with Crippen LogP contribution in [0, 0.1) is 0 Å². The van der Waals surface area contributed by atoms with Crippen molar-refractivity contribution in [3.8, 4) is 91.1 Å². The molecule has 76 heavy (non-hydrogen) atoms. The van der Waals surface area contributed by atoms with Crippen molar-refractivity contribution in [1.29, 1.82) is 0 Å². The number of nitrogens with zero attached hydrogens (tertiary/aromatic N) is 3. The topological polar surface area (TPSA) is 215 Å². The van der Waals surface area contributed by atoms with Crippen LogP contribution in [0.4, 0.5) is 11.4 Å². The molecular weight excluding hydrogens is 998 g/mol. The van der Waals surface area contributed by atoms with E-state index in [1.165, 1.54) is 4.57 Å². The van der Waals surface area contributed by atoms with Gasteiger partial charge in [-0.05, 0) is 134 Å². The third-order valence-electron chi connectivity index (χ3n) is 14.2. The van der Waals surface area contributed by atoms with Gasteiger partial charge in [0, 0.05) is 50.7 Å². The van der Waals surface area contributed by atoms with Crippen LogP contribution in [-0.4, -0.2) is 60.2 Å². The van der Waals surface area contributed by atoms with Gasteiger partial charge in [-0.25, -0.2) is 0 Å². The van der Waals surface area contributed by atoms with Crippen LogP contribution in [0.3, 0.4) is 0 Å². The number of anilines is 2. The summed E-state index contributed by atoms with van der Waals surface area (Å²) in [7, 11) is 2.11. The van der Waals surface area contributed by atoms with Crippen molar-refractivity contribution in [3.05, 3.63) is 180 Å². The number of hydrogen-bond donors (Lipinski definition) is 11. The van der Waals surface area contributed by atoms with E-state index < -0.39 is 57.5 Å². The Labute approximate surface area is 445 Å². The minimum absolute atomic E-state index is 0.0712. The molecule has 2 aromatic heterocycles. The number of phenolic OH excluding ortho intramolecular Hbond substituents is 10. The highest BCUT2D eigenvalue weighted by Crippen LogP contribution is 2.56. The highest BCUT2D eigenvalue weighted by Gasteiger charge is 2.32. The average Bonchev–Trinajstić information content (AvgIpc) is 4.04. The summed E-state index contributed by atoms with van der Waals surface area (Å²) in [6.45, 7) is 1.86. The summed E-state index contributed by atoms with van der Waals surface area (Å²) < 4.78 is 3.12. The molecule has 0 fully saturated rings. The van der Waals surface area contributed by atoms with Crippen molar-refractivity contribution in [2.24, 2.45) is 0 Å². The number of thiol groups is 1. The molecule has 11 rings (SSSR count). The largest absolute Gasteiger partial charge is 0.503 e. The monoisotopic (exact) mass is 1050 g/mol. The second kappa shape index (κ2) is 20.8. The molecule has 7 aromatic carbocycles. The minimum atomic E-state index is -1.06. The molecule has 384 valence electrons. The lowest BCUT2D eigenvalue weighted by Crippen LogP contribution is -2.24. The number of allylic oxidation sites excluding steroid dienone is 6. The predicted octanol–water partition coefficient (Wildman–Crippen LogP) is 14.2. The van der Waals surface area contributed by atoms with Crippen molar-refractivity contribution in [1.82, 2.24) is 9.13 Å². The molecule has 2 atom stereocenters. The van der Waals surface area contributed by atoms with Crippen molar-refractivity contribution in [2.45, 2.75) is 44.9 Å². The van der Waals surface area contributed by atoms with E-state index in [-0.39, 0.29) is 17.3 Å². The third-order valence-corrected chi connectivity index (χ3v) is 14.2. The summed E-state index contributed by atoms with van der Waals surface area (Å²) >= 11 is 3.44. The van der Waals surface area contributed by atoms with E-state index in [1.54, 1.807) is 16.7 Å². The zero-order valence-corrected chi connectivity index (χ0v) is 43.1. The fourth-order valence-corrected chi connectivity index (χ4v) is 10.7. The molecule has 9 aromatic rings. The van der Waals surface area contributed by atoms with E-state index in [2.05, 4.69) is 80.2 Å². The third kappa shape index (κ3) is 8.64. The first-order valence-corrected chi connectivity index (χ1v) is 26.6. The number of aromatic hydroxyl groups is 10. The number of para-hydroxylation sites is 2. The Bertz CT molecular complexity index is 3760. The molecule has 0 bridgehead atoms. The smallest absolute Gasteiger partial charge is 0.208 e. The Morgan fingerprint density at radius 3 is 1.67 bits per heavy atom. The van der Waals surface area contributed by atoms with Crippen molar-refractivity contribution in [3.63, 3.8) is 0 Å². The van der Waals surface area contributed by atoms with Crippen molar-refractivity contribution >= 4 is 66.0 Å². The molecule has 15 heteroatoms. The van der Waals surface area contributed by atoms with Crippen LogP contribution < -0.4 is 4.90 Å². The molecule has 2 unspecified atom stereocenters. The number of benzene rings is 7. The lowest BCUT2D eigenvalue weighted by molar-refractivity contribution is 0.327. The van der Waals surface area contributed by atoms with Crippen LogP contribution in [0.25, 0.3) is 67.6 Å². The molecule has 0 radical (unpaired) electrons. The number of fused-ring (bicyclic) bond motifs is 4. The van der Waals surface area contributed by atoms with Gasteiger partial charge in [0.1, 0.15) is 11.4 Å². The SMILES string of the molecule is C/C=C\C=C/c1cc2cc(-c3cc(-c4ccc5c(c4)c4c(n5-c5c(O)c(O)c(O)c(O)c5O)CCC=C4)cc(C4CCCC=C4N(c4ccccc4)c4ccccc4)c3)ccc2n1-c1c(O)c(O)c(O)c(O)c1O.PS. The molecule has 2 aliphatic carbocycles. The van der Waals surface area contributed by atoms with E-state index >= 15 is 0 Å². The van der Waals surface area contributed by atoms with Crippen LogP contribution in [0.2, 0.25) is 0 Å². The lowest BCUT2D eigenvalue weighted by atomic mass is 9.82. The Balaban J connectivity index is 0.00000325. The van der Waals surface area contributed by atoms with Gasteiger partial charge in [0.15, 0.2) is 23.0 Å². The quantitative estimate of drug-likeness (QED) is 0.0204. The van der Waals surface area contributed by atoms with Crippen LogP contribution in [0.1, 0.15) is 61.0 Å². The molecule has 2 aliphatic rings. The maximum Gasteiger partial charge on any atom is 0.208 e. The second-order valence-corrected chi connectivity index (χ2v) is 18.6. The Morgan fingerprint density at radius 2 is 1.09 bits per heavy atom. The minimum Gasteiger partial charge on any atom is -0.503 e. The van der Waals surface area contributed by atoms with E-state index in [9.17, 15) is 51.1 Å². The van der Waals surface area contributed by atoms with Crippen LogP contribution in [0.15, 0.2) is 157 Å². The average molecular weight is 1050 g/mol. The van der Waals surface area contributed by atoms with Crippen molar-refractivity contribution in [2.75, 3.05) is 4.90 Å². The summed E-state index contributed by atoms with van der Waals surface area (Å²) in [5, 5.41) is 109. The Hall–Kier alpha value is -8.84. The number of rotatable bonds is 10. The van der Waals surface area contributed by atoms with Crippen LogP contribution >= 0.6 is 20.7 Å². The lowest BCUT2D eigenvalue weighted by Gasteiger charge is -2.36. The van der Waals surface area contributed by atoms with Gasteiger partial charge in [-0.15, -0.1) is 0 Å². The number of hydrogen-bond acceptors (Lipinski definition) is 12. The Kier molecular flexibility index (Phi) is 13.9. The zero-order chi connectivity index (χ0) is 53.5.